The van der Waals surface area contributed by atoms with E-state index >= 15 is 0 Å². The van der Waals surface area contributed by atoms with E-state index in [4.69, 9.17) is 4.74 Å². The molecule has 0 amide bonds. The number of benzene rings is 1. The molecule has 2 fully saturated rings. The molecule has 0 spiro atoms. The minimum atomic E-state index is -3.49. The number of rotatable bonds is 6. The van der Waals surface area contributed by atoms with Crippen molar-refractivity contribution in [2.75, 3.05) is 52.5 Å². The molecular weight excluding hydrogens is 462 g/mol. The Balaban J connectivity index is 1.19. The van der Waals surface area contributed by atoms with E-state index in [2.05, 4.69) is 14.8 Å². The molecule has 2 aliphatic heterocycles. The number of ether oxygens (including phenoxy) is 1. The van der Waals surface area contributed by atoms with E-state index in [0.717, 1.165) is 42.4 Å². The van der Waals surface area contributed by atoms with Gasteiger partial charge in [-0.1, -0.05) is 12.1 Å². The summed E-state index contributed by atoms with van der Waals surface area (Å²) in [7, 11) is -3.49. The van der Waals surface area contributed by atoms with Crippen LogP contribution in [0, 0.1) is 0 Å². The van der Waals surface area contributed by atoms with Gasteiger partial charge in [0.15, 0.2) is 4.96 Å². The van der Waals surface area contributed by atoms with Gasteiger partial charge in [-0.3, -0.25) is 19.0 Å². The van der Waals surface area contributed by atoms with Crippen LogP contribution in [-0.4, -0.2) is 84.4 Å². The fourth-order valence-electron chi connectivity index (χ4n) is 4.30. The minimum absolute atomic E-state index is 0.0400. The van der Waals surface area contributed by atoms with Crippen molar-refractivity contribution < 1.29 is 13.2 Å². The molecule has 2 aliphatic rings. The Kier molecular flexibility index (Phi) is 6.59. The Bertz CT molecular complexity index is 1280. The van der Waals surface area contributed by atoms with Gasteiger partial charge in [0.05, 0.1) is 23.8 Å². The summed E-state index contributed by atoms with van der Waals surface area (Å²) in [6.45, 7) is 6.54. The summed E-state index contributed by atoms with van der Waals surface area (Å²) in [6, 6.07) is 8.89. The predicted octanol–water partition coefficient (Wildman–Crippen LogP) is 1.09. The quantitative estimate of drug-likeness (QED) is 0.512. The van der Waals surface area contributed by atoms with Crippen molar-refractivity contribution in [3.8, 4) is 0 Å². The predicted molar refractivity (Wildman–Crippen MR) is 126 cm³/mol. The second kappa shape index (κ2) is 9.61. The third-order valence-corrected chi connectivity index (χ3v) is 8.77. The molecular formula is C22H27N5O4S2. The maximum atomic E-state index is 13.0. The summed E-state index contributed by atoms with van der Waals surface area (Å²) in [6.07, 6.45) is 1.75. The molecule has 2 aromatic heterocycles. The smallest absolute Gasteiger partial charge is 0.258 e. The highest BCUT2D eigenvalue weighted by Gasteiger charge is 2.26. The van der Waals surface area contributed by atoms with Crippen molar-refractivity contribution in [1.29, 1.82) is 0 Å². The highest BCUT2D eigenvalue weighted by Crippen LogP contribution is 2.20. The first kappa shape index (κ1) is 22.6. The summed E-state index contributed by atoms with van der Waals surface area (Å²) in [5, 5.41) is 1.87. The molecule has 176 valence electrons. The number of morpholine rings is 1. The standard InChI is InChI=1S/C22H27N5O4S2/c28-21-15-19(23-22-27(21)10-13-32-22)17-25-6-4-24(5-7-25)16-18-2-1-3-20(14-18)33(29,30)26-8-11-31-12-9-26/h1-3,10,13-15H,4-9,11-12,16-17H2. The Labute approximate surface area is 196 Å². The number of nitrogens with zero attached hydrogens (tertiary/aromatic N) is 5. The summed E-state index contributed by atoms with van der Waals surface area (Å²) in [4.78, 5) is 22.5. The normalized spacial score (nSPS) is 19.3. The van der Waals surface area contributed by atoms with Crippen molar-refractivity contribution in [3.05, 3.63) is 63.5 Å². The first-order valence-corrected chi connectivity index (χ1v) is 13.4. The van der Waals surface area contributed by atoms with Gasteiger partial charge in [0.1, 0.15) is 0 Å². The van der Waals surface area contributed by atoms with Gasteiger partial charge >= 0.3 is 0 Å². The van der Waals surface area contributed by atoms with Gasteiger partial charge in [0.25, 0.3) is 5.56 Å². The van der Waals surface area contributed by atoms with Crippen molar-refractivity contribution >= 4 is 26.3 Å². The van der Waals surface area contributed by atoms with Crippen LogP contribution in [0.15, 0.2) is 51.6 Å². The Morgan fingerprint density at radius 1 is 0.970 bits per heavy atom. The first-order chi connectivity index (χ1) is 16.0. The van der Waals surface area contributed by atoms with Crippen LogP contribution in [-0.2, 0) is 27.8 Å². The lowest BCUT2D eigenvalue weighted by Gasteiger charge is -2.34. The molecule has 11 heteroatoms. The van der Waals surface area contributed by atoms with Crippen molar-refractivity contribution in [3.63, 3.8) is 0 Å². The first-order valence-electron chi connectivity index (χ1n) is 11.1. The lowest BCUT2D eigenvalue weighted by Crippen LogP contribution is -2.45. The Morgan fingerprint density at radius 2 is 1.70 bits per heavy atom. The molecule has 5 rings (SSSR count). The number of piperazine rings is 1. The van der Waals surface area contributed by atoms with Crippen LogP contribution in [0.1, 0.15) is 11.3 Å². The number of fused-ring (bicyclic) bond motifs is 1. The van der Waals surface area contributed by atoms with Gasteiger partial charge in [-0.05, 0) is 17.7 Å². The largest absolute Gasteiger partial charge is 0.379 e. The van der Waals surface area contributed by atoms with E-state index in [1.807, 2.05) is 17.5 Å². The van der Waals surface area contributed by atoms with E-state index in [-0.39, 0.29) is 5.56 Å². The van der Waals surface area contributed by atoms with Gasteiger partial charge in [-0.2, -0.15) is 4.31 Å². The number of thiazole rings is 1. The van der Waals surface area contributed by atoms with Gasteiger partial charge in [0, 0.05) is 70.0 Å². The molecule has 0 radical (unpaired) electrons. The molecule has 3 aromatic rings. The molecule has 33 heavy (non-hydrogen) atoms. The SMILES string of the molecule is O=c1cc(CN2CCN(Cc3cccc(S(=O)(=O)N4CCOCC4)c3)CC2)nc2sccn12. The zero-order chi connectivity index (χ0) is 22.8. The highest BCUT2D eigenvalue weighted by atomic mass is 32.2. The topological polar surface area (TPSA) is 87.5 Å². The monoisotopic (exact) mass is 489 g/mol. The van der Waals surface area contributed by atoms with Crippen LogP contribution >= 0.6 is 11.3 Å². The zero-order valence-electron chi connectivity index (χ0n) is 18.3. The molecule has 1 aromatic carbocycles. The maximum Gasteiger partial charge on any atom is 0.258 e. The lowest BCUT2D eigenvalue weighted by atomic mass is 10.2. The van der Waals surface area contributed by atoms with E-state index in [0.29, 0.717) is 44.3 Å². The molecule has 9 nitrogen and oxygen atoms in total. The Morgan fingerprint density at radius 3 is 2.45 bits per heavy atom. The molecule has 0 saturated carbocycles. The van der Waals surface area contributed by atoms with Crippen molar-refractivity contribution in [2.45, 2.75) is 18.0 Å². The number of sulfonamides is 1. The summed E-state index contributed by atoms with van der Waals surface area (Å²) < 4.78 is 34.3. The number of hydrogen-bond donors (Lipinski definition) is 0. The van der Waals surface area contributed by atoms with Crippen LogP contribution in [0.3, 0.4) is 0 Å². The summed E-state index contributed by atoms with van der Waals surface area (Å²) in [5.74, 6) is 0. The zero-order valence-corrected chi connectivity index (χ0v) is 19.9. The fraction of sp³-hybridized carbons (Fsp3) is 0.455. The maximum absolute atomic E-state index is 13.0. The summed E-state index contributed by atoms with van der Waals surface area (Å²) in [5.41, 5.74) is 1.76. The molecule has 0 bridgehead atoms. The molecule has 0 N–H and O–H groups in total. The fourth-order valence-corrected chi connectivity index (χ4v) is 6.52. The van der Waals surface area contributed by atoms with Crippen LogP contribution in [0.2, 0.25) is 0 Å². The average Bonchev–Trinajstić information content (AvgIpc) is 3.31. The number of aromatic nitrogens is 2. The Hall–Kier alpha value is -2.15. The highest BCUT2D eigenvalue weighted by molar-refractivity contribution is 7.89. The van der Waals surface area contributed by atoms with Gasteiger partial charge in [-0.15, -0.1) is 11.3 Å². The third kappa shape index (κ3) is 5.03. The van der Waals surface area contributed by atoms with Gasteiger partial charge in [0.2, 0.25) is 10.0 Å². The van der Waals surface area contributed by atoms with E-state index in [1.54, 1.807) is 28.8 Å². The second-order valence-corrected chi connectivity index (χ2v) is 11.2. The lowest BCUT2D eigenvalue weighted by molar-refractivity contribution is 0.0730. The van der Waals surface area contributed by atoms with Crippen LogP contribution in [0.25, 0.3) is 4.96 Å². The van der Waals surface area contributed by atoms with Gasteiger partial charge in [-0.25, -0.2) is 13.4 Å². The van der Waals surface area contributed by atoms with E-state index in [1.165, 1.54) is 15.6 Å². The van der Waals surface area contributed by atoms with Crippen molar-refractivity contribution in [2.24, 2.45) is 0 Å². The van der Waals surface area contributed by atoms with Crippen molar-refractivity contribution in [1.82, 2.24) is 23.5 Å². The van der Waals surface area contributed by atoms with E-state index < -0.39 is 10.0 Å². The molecule has 0 atom stereocenters. The van der Waals surface area contributed by atoms with E-state index in [9.17, 15) is 13.2 Å². The molecule has 2 saturated heterocycles. The second-order valence-electron chi connectivity index (χ2n) is 8.36. The average molecular weight is 490 g/mol. The molecule has 0 unspecified atom stereocenters. The van der Waals surface area contributed by atoms with Crippen LogP contribution < -0.4 is 5.56 Å². The summed E-state index contributed by atoms with van der Waals surface area (Å²) >= 11 is 1.46. The third-order valence-electron chi connectivity index (χ3n) is 6.12. The molecule has 0 aliphatic carbocycles. The van der Waals surface area contributed by atoms with Gasteiger partial charge < -0.3 is 4.74 Å². The minimum Gasteiger partial charge on any atom is -0.379 e. The number of hydrogen-bond acceptors (Lipinski definition) is 8. The van der Waals surface area contributed by atoms with Crippen LogP contribution in [0.4, 0.5) is 0 Å². The molecule has 4 heterocycles. The van der Waals surface area contributed by atoms with Crippen LogP contribution in [0.5, 0.6) is 0 Å².